The van der Waals surface area contributed by atoms with Crippen molar-refractivity contribution >= 4 is 17.3 Å². The fourth-order valence-electron chi connectivity index (χ4n) is 1.90. The molecule has 1 N–H and O–H groups in total. The molecular weight excluding hydrogens is 296 g/mol. The molecule has 3 nitrogen and oxygen atoms in total. The largest absolute Gasteiger partial charge is 0.465 e. The number of rotatable bonds is 6. The molecule has 2 rings (SSSR count). The monoisotopic (exact) mass is 311 g/mol. The highest BCUT2D eigenvalue weighted by atomic mass is 32.1. The summed E-state index contributed by atoms with van der Waals surface area (Å²) in [5.41, 5.74) is -0.0509. The number of ether oxygens (including phenoxy) is 1. The second-order valence-electron chi connectivity index (χ2n) is 4.31. The summed E-state index contributed by atoms with van der Waals surface area (Å²) in [6, 6.07) is 5.76. The Morgan fingerprint density at radius 2 is 2.19 bits per heavy atom. The second kappa shape index (κ2) is 7.28. The molecule has 1 aromatic heterocycles. The van der Waals surface area contributed by atoms with E-state index in [0.29, 0.717) is 6.54 Å². The summed E-state index contributed by atoms with van der Waals surface area (Å²) < 4.78 is 32.1. The lowest BCUT2D eigenvalue weighted by Gasteiger charge is -2.18. The maximum atomic E-state index is 13.9. The fourth-order valence-corrected chi connectivity index (χ4v) is 2.55. The molecule has 0 aliphatic rings. The molecule has 0 saturated carbocycles. The zero-order chi connectivity index (χ0) is 15.2. The maximum Gasteiger partial charge on any atom is 0.327 e. The van der Waals surface area contributed by atoms with Crippen LogP contribution in [0.1, 0.15) is 23.4 Å². The first-order chi connectivity index (χ1) is 10.1. The van der Waals surface area contributed by atoms with Crippen LogP contribution in [0.4, 0.5) is 8.78 Å². The quantitative estimate of drug-likeness (QED) is 0.831. The van der Waals surface area contributed by atoms with Crippen LogP contribution in [-0.4, -0.2) is 12.6 Å². The highest BCUT2D eigenvalue weighted by Gasteiger charge is 2.25. The van der Waals surface area contributed by atoms with E-state index in [1.165, 1.54) is 11.3 Å². The van der Waals surface area contributed by atoms with E-state index < -0.39 is 23.6 Å². The van der Waals surface area contributed by atoms with Gasteiger partial charge in [-0.1, -0.05) is 6.07 Å². The van der Waals surface area contributed by atoms with Gasteiger partial charge < -0.3 is 4.74 Å². The molecule has 1 heterocycles. The normalized spacial score (nSPS) is 12.1. The fraction of sp³-hybridized carbons (Fsp3) is 0.267. The van der Waals surface area contributed by atoms with E-state index in [1.54, 1.807) is 6.92 Å². The van der Waals surface area contributed by atoms with Crippen molar-refractivity contribution in [1.82, 2.24) is 5.32 Å². The molecule has 0 bridgehead atoms. The van der Waals surface area contributed by atoms with E-state index in [-0.39, 0.29) is 12.2 Å². The first-order valence-electron chi connectivity index (χ1n) is 6.49. The minimum absolute atomic E-state index is 0.0509. The molecule has 0 spiro atoms. The number of hydrogen-bond acceptors (Lipinski definition) is 4. The van der Waals surface area contributed by atoms with Crippen LogP contribution in [0.25, 0.3) is 0 Å². The first-order valence-corrected chi connectivity index (χ1v) is 7.37. The zero-order valence-electron chi connectivity index (χ0n) is 11.4. The standard InChI is InChI=1S/C15H15F2NO2S/c1-2-20-15(19)14(18-9-11-4-3-7-21-11)12-8-10(16)5-6-13(12)17/h3-8,14,18H,2,9H2,1H3. The summed E-state index contributed by atoms with van der Waals surface area (Å²) in [5, 5.41) is 4.82. The van der Waals surface area contributed by atoms with Crippen molar-refractivity contribution in [3.8, 4) is 0 Å². The summed E-state index contributed by atoms with van der Waals surface area (Å²) in [4.78, 5) is 13.0. The summed E-state index contributed by atoms with van der Waals surface area (Å²) >= 11 is 1.51. The third kappa shape index (κ3) is 4.09. The number of benzene rings is 1. The lowest BCUT2D eigenvalue weighted by Crippen LogP contribution is -2.30. The summed E-state index contributed by atoms with van der Waals surface area (Å²) in [5.74, 6) is -1.87. The van der Waals surface area contributed by atoms with Gasteiger partial charge in [0.2, 0.25) is 0 Å². The topological polar surface area (TPSA) is 38.3 Å². The third-order valence-corrected chi connectivity index (χ3v) is 3.73. The van der Waals surface area contributed by atoms with Gasteiger partial charge in [-0.3, -0.25) is 5.32 Å². The Morgan fingerprint density at radius 1 is 1.38 bits per heavy atom. The van der Waals surface area contributed by atoms with Crippen molar-refractivity contribution in [3.05, 3.63) is 57.8 Å². The van der Waals surface area contributed by atoms with Gasteiger partial charge in [0.15, 0.2) is 0 Å². The number of halogens is 2. The molecule has 21 heavy (non-hydrogen) atoms. The number of nitrogens with one attached hydrogen (secondary N) is 1. The van der Waals surface area contributed by atoms with Gasteiger partial charge in [-0.2, -0.15) is 0 Å². The molecule has 0 saturated heterocycles. The van der Waals surface area contributed by atoms with E-state index in [1.807, 2.05) is 17.5 Å². The van der Waals surface area contributed by atoms with E-state index >= 15 is 0 Å². The van der Waals surface area contributed by atoms with Crippen LogP contribution in [-0.2, 0) is 16.1 Å². The number of esters is 1. The minimum Gasteiger partial charge on any atom is -0.465 e. The molecule has 2 aromatic rings. The molecule has 6 heteroatoms. The molecule has 0 aliphatic heterocycles. The van der Waals surface area contributed by atoms with Crippen molar-refractivity contribution in [2.75, 3.05) is 6.61 Å². The molecule has 1 unspecified atom stereocenters. The smallest absolute Gasteiger partial charge is 0.327 e. The van der Waals surface area contributed by atoms with Gasteiger partial charge in [-0.25, -0.2) is 13.6 Å². The number of thiophene rings is 1. The molecule has 0 aliphatic carbocycles. The van der Waals surface area contributed by atoms with Crippen molar-refractivity contribution < 1.29 is 18.3 Å². The summed E-state index contributed by atoms with van der Waals surface area (Å²) in [6.45, 7) is 2.21. The highest BCUT2D eigenvalue weighted by Crippen LogP contribution is 2.21. The number of carbonyl (C=O) groups excluding carboxylic acids is 1. The predicted octanol–water partition coefficient (Wildman–Crippen LogP) is 3.42. The van der Waals surface area contributed by atoms with Gasteiger partial charge >= 0.3 is 5.97 Å². The van der Waals surface area contributed by atoms with E-state index in [0.717, 1.165) is 23.1 Å². The van der Waals surface area contributed by atoms with Crippen molar-refractivity contribution in [2.45, 2.75) is 19.5 Å². The Morgan fingerprint density at radius 3 is 2.86 bits per heavy atom. The average molecular weight is 311 g/mol. The SMILES string of the molecule is CCOC(=O)C(NCc1cccs1)c1cc(F)ccc1F. The average Bonchev–Trinajstić information content (AvgIpc) is 2.96. The minimum atomic E-state index is -1.04. The molecule has 0 amide bonds. The highest BCUT2D eigenvalue weighted by molar-refractivity contribution is 7.09. The van der Waals surface area contributed by atoms with Crippen LogP contribution >= 0.6 is 11.3 Å². The summed E-state index contributed by atoms with van der Waals surface area (Å²) in [6.07, 6.45) is 0. The Balaban J connectivity index is 2.22. The van der Waals surface area contributed by atoms with Gasteiger partial charge in [-0.05, 0) is 36.6 Å². The van der Waals surface area contributed by atoms with Crippen LogP contribution in [0.15, 0.2) is 35.7 Å². The molecular formula is C15H15F2NO2S. The Hall–Kier alpha value is -1.79. The lowest BCUT2D eigenvalue weighted by atomic mass is 10.1. The number of hydrogen-bond donors (Lipinski definition) is 1. The van der Waals surface area contributed by atoms with Crippen LogP contribution in [0.5, 0.6) is 0 Å². The molecule has 0 fully saturated rings. The number of carbonyl (C=O) groups is 1. The lowest BCUT2D eigenvalue weighted by molar-refractivity contribution is -0.146. The van der Waals surface area contributed by atoms with E-state index in [9.17, 15) is 13.6 Å². The van der Waals surface area contributed by atoms with Gasteiger partial charge in [0.1, 0.15) is 17.7 Å². The first kappa shape index (κ1) is 15.6. The van der Waals surface area contributed by atoms with Gasteiger partial charge in [-0.15, -0.1) is 11.3 Å². The molecule has 0 radical (unpaired) electrons. The van der Waals surface area contributed by atoms with Crippen LogP contribution in [0, 0.1) is 11.6 Å². The Kier molecular flexibility index (Phi) is 5.41. The van der Waals surface area contributed by atoms with Crippen LogP contribution in [0.3, 0.4) is 0 Å². The Labute approximate surface area is 125 Å². The van der Waals surface area contributed by atoms with Crippen LogP contribution < -0.4 is 5.32 Å². The molecule has 1 aromatic carbocycles. The zero-order valence-corrected chi connectivity index (χ0v) is 12.3. The van der Waals surface area contributed by atoms with Crippen molar-refractivity contribution in [3.63, 3.8) is 0 Å². The van der Waals surface area contributed by atoms with E-state index in [4.69, 9.17) is 4.74 Å². The van der Waals surface area contributed by atoms with Crippen molar-refractivity contribution in [2.24, 2.45) is 0 Å². The third-order valence-electron chi connectivity index (χ3n) is 2.85. The van der Waals surface area contributed by atoms with Gasteiger partial charge in [0.05, 0.1) is 6.61 Å². The molecule has 1 atom stereocenters. The van der Waals surface area contributed by atoms with E-state index in [2.05, 4.69) is 5.32 Å². The second-order valence-corrected chi connectivity index (χ2v) is 5.34. The molecule has 112 valence electrons. The van der Waals surface area contributed by atoms with Gasteiger partial charge in [0, 0.05) is 17.0 Å². The van der Waals surface area contributed by atoms with Gasteiger partial charge in [0.25, 0.3) is 0 Å². The Bertz CT molecular complexity index is 602. The van der Waals surface area contributed by atoms with Crippen molar-refractivity contribution in [1.29, 1.82) is 0 Å². The maximum absolute atomic E-state index is 13.9. The predicted molar refractivity (Wildman–Crippen MR) is 76.9 cm³/mol. The summed E-state index contributed by atoms with van der Waals surface area (Å²) in [7, 11) is 0. The van der Waals surface area contributed by atoms with Crippen LogP contribution in [0.2, 0.25) is 0 Å².